The van der Waals surface area contributed by atoms with Gasteiger partial charge < -0.3 is 15.0 Å². The van der Waals surface area contributed by atoms with E-state index in [-0.39, 0.29) is 30.0 Å². The Morgan fingerprint density at radius 2 is 1.95 bits per heavy atom. The second-order valence-corrected chi connectivity index (χ2v) is 5.96. The predicted octanol–water partition coefficient (Wildman–Crippen LogP) is 2.07. The van der Waals surface area contributed by atoms with E-state index in [0.29, 0.717) is 11.5 Å². The van der Waals surface area contributed by atoms with E-state index < -0.39 is 5.97 Å². The van der Waals surface area contributed by atoms with E-state index >= 15 is 0 Å². The summed E-state index contributed by atoms with van der Waals surface area (Å²) in [5, 5.41) is 2.89. The van der Waals surface area contributed by atoms with Crippen LogP contribution in [0.25, 0.3) is 0 Å². The van der Waals surface area contributed by atoms with Crippen molar-refractivity contribution in [2.24, 2.45) is 5.92 Å². The van der Waals surface area contributed by atoms with Crippen molar-refractivity contribution in [2.75, 3.05) is 6.61 Å². The highest BCUT2D eigenvalue weighted by atomic mass is 16.5. The highest BCUT2D eigenvalue weighted by molar-refractivity contribution is 5.97. The van der Waals surface area contributed by atoms with Gasteiger partial charge in [-0.3, -0.25) is 9.59 Å². The van der Waals surface area contributed by atoms with Crippen molar-refractivity contribution < 1.29 is 19.1 Å². The van der Waals surface area contributed by atoms with Gasteiger partial charge in [-0.25, -0.2) is 4.79 Å². The van der Waals surface area contributed by atoms with E-state index in [4.69, 9.17) is 4.74 Å². The molecule has 1 aromatic heterocycles. The number of ketones is 1. The van der Waals surface area contributed by atoms with Gasteiger partial charge in [-0.15, -0.1) is 0 Å². The van der Waals surface area contributed by atoms with Crippen LogP contribution in [0.5, 0.6) is 0 Å². The topological polar surface area (TPSA) is 88.3 Å². The second kappa shape index (κ2) is 7.24. The van der Waals surface area contributed by atoms with Crippen LogP contribution in [0.1, 0.15) is 60.4 Å². The highest BCUT2D eigenvalue weighted by Crippen LogP contribution is 2.23. The minimum atomic E-state index is -0.639. The van der Waals surface area contributed by atoms with Gasteiger partial charge in [0, 0.05) is 17.8 Å². The van der Waals surface area contributed by atoms with Crippen LogP contribution in [-0.4, -0.2) is 35.3 Å². The first-order valence-electron chi connectivity index (χ1n) is 7.61. The van der Waals surface area contributed by atoms with Crippen molar-refractivity contribution in [1.82, 2.24) is 10.3 Å². The third-order valence-electron chi connectivity index (χ3n) is 4.02. The predicted molar refractivity (Wildman–Crippen MR) is 80.6 cm³/mol. The molecular formula is C16H22N2O4. The summed E-state index contributed by atoms with van der Waals surface area (Å²) in [6.45, 7) is 3.32. The molecule has 0 spiro atoms. The first kappa shape index (κ1) is 16.3. The summed E-state index contributed by atoms with van der Waals surface area (Å²) in [5.41, 5.74) is 0.581. The van der Waals surface area contributed by atoms with Gasteiger partial charge >= 0.3 is 5.97 Å². The van der Waals surface area contributed by atoms with Gasteiger partial charge in [0.1, 0.15) is 5.69 Å². The molecule has 0 saturated heterocycles. The molecule has 0 bridgehead atoms. The van der Waals surface area contributed by atoms with Gasteiger partial charge in [0.05, 0.1) is 0 Å². The van der Waals surface area contributed by atoms with Crippen LogP contribution in [0, 0.1) is 5.92 Å². The lowest BCUT2D eigenvalue weighted by molar-refractivity contribution is -0.125. The Bertz CT molecular complexity index is 556. The molecule has 0 unspecified atom stereocenters. The van der Waals surface area contributed by atoms with Crippen LogP contribution in [0.2, 0.25) is 0 Å². The lowest BCUT2D eigenvalue weighted by Crippen LogP contribution is -2.39. The number of hydrogen-bond acceptors (Lipinski definition) is 4. The number of nitrogens with one attached hydrogen (secondary N) is 2. The first-order chi connectivity index (χ1) is 10.5. The van der Waals surface area contributed by atoms with E-state index in [1.165, 1.54) is 19.2 Å². The van der Waals surface area contributed by atoms with Crippen LogP contribution >= 0.6 is 0 Å². The standard InChI is InChI=1S/C16H22N2O4/c1-10-3-5-13(6-4-10)18-15(20)9-22-16(21)14-7-12(8-17-14)11(2)19/h7-8,10,13,17H,3-6,9H2,1-2H3,(H,18,20). The van der Waals surface area contributed by atoms with Crippen LogP contribution in [0.3, 0.4) is 0 Å². The van der Waals surface area contributed by atoms with Gasteiger partial charge in [0.25, 0.3) is 5.91 Å². The number of hydrogen-bond donors (Lipinski definition) is 2. The van der Waals surface area contributed by atoms with E-state index in [9.17, 15) is 14.4 Å². The lowest BCUT2D eigenvalue weighted by Gasteiger charge is -2.26. The third-order valence-corrected chi connectivity index (χ3v) is 4.02. The van der Waals surface area contributed by atoms with E-state index in [1.54, 1.807) is 0 Å². The Labute approximate surface area is 129 Å². The summed E-state index contributed by atoms with van der Waals surface area (Å²) < 4.78 is 4.95. The minimum Gasteiger partial charge on any atom is -0.451 e. The molecule has 1 aliphatic rings. The van der Waals surface area contributed by atoms with E-state index in [1.807, 2.05) is 0 Å². The van der Waals surface area contributed by atoms with Gasteiger partial charge in [0.15, 0.2) is 12.4 Å². The smallest absolute Gasteiger partial charge is 0.355 e. The van der Waals surface area contributed by atoms with Gasteiger partial charge in [0.2, 0.25) is 0 Å². The minimum absolute atomic E-state index is 0.139. The van der Waals surface area contributed by atoms with Gasteiger partial charge in [-0.2, -0.15) is 0 Å². The second-order valence-electron chi connectivity index (χ2n) is 5.96. The molecule has 1 saturated carbocycles. The molecule has 1 heterocycles. The fraction of sp³-hybridized carbons (Fsp3) is 0.562. The third kappa shape index (κ3) is 4.44. The van der Waals surface area contributed by atoms with Crippen molar-refractivity contribution in [1.29, 1.82) is 0 Å². The maximum atomic E-state index is 11.8. The van der Waals surface area contributed by atoms with Crippen molar-refractivity contribution in [3.05, 3.63) is 23.5 Å². The maximum absolute atomic E-state index is 11.8. The average Bonchev–Trinajstić information content (AvgIpc) is 2.97. The summed E-state index contributed by atoms with van der Waals surface area (Å²) >= 11 is 0. The summed E-state index contributed by atoms with van der Waals surface area (Å²) in [6, 6.07) is 1.60. The molecule has 0 aliphatic heterocycles. The Hall–Kier alpha value is -2.11. The van der Waals surface area contributed by atoms with Crippen LogP contribution in [0.4, 0.5) is 0 Å². The molecule has 2 rings (SSSR count). The number of carbonyl (C=O) groups is 3. The number of H-pyrrole nitrogens is 1. The van der Waals surface area contributed by atoms with Crippen LogP contribution in [-0.2, 0) is 9.53 Å². The average molecular weight is 306 g/mol. The lowest BCUT2D eigenvalue weighted by atomic mass is 9.87. The maximum Gasteiger partial charge on any atom is 0.355 e. The number of Topliss-reactive ketones (excluding diaryl/α,β-unsaturated/α-hetero) is 1. The summed E-state index contributed by atoms with van der Waals surface area (Å²) in [6.07, 6.45) is 5.61. The van der Waals surface area contributed by atoms with E-state index in [2.05, 4.69) is 17.2 Å². The molecule has 1 aromatic rings. The number of ether oxygens (including phenoxy) is 1. The fourth-order valence-corrected chi connectivity index (χ4v) is 2.60. The molecule has 2 N–H and O–H groups in total. The normalized spacial score (nSPS) is 21.2. The van der Waals surface area contributed by atoms with Gasteiger partial charge in [-0.1, -0.05) is 6.92 Å². The molecule has 6 heteroatoms. The van der Waals surface area contributed by atoms with Crippen molar-refractivity contribution in [3.8, 4) is 0 Å². The summed E-state index contributed by atoms with van der Waals surface area (Å²) in [5.74, 6) is -0.347. The molecule has 1 amide bonds. The monoisotopic (exact) mass is 306 g/mol. The largest absolute Gasteiger partial charge is 0.451 e. The van der Waals surface area contributed by atoms with E-state index in [0.717, 1.165) is 25.7 Å². The quantitative estimate of drug-likeness (QED) is 0.644. The zero-order valence-corrected chi connectivity index (χ0v) is 13.0. The van der Waals surface area contributed by atoms with Crippen molar-refractivity contribution >= 4 is 17.7 Å². The van der Waals surface area contributed by atoms with Crippen molar-refractivity contribution in [2.45, 2.75) is 45.6 Å². The molecule has 0 atom stereocenters. The van der Waals surface area contributed by atoms with Crippen LogP contribution in [0.15, 0.2) is 12.3 Å². The van der Waals surface area contributed by atoms with Gasteiger partial charge in [-0.05, 0) is 44.6 Å². The highest BCUT2D eigenvalue weighted by Gasteiger charge is 2.20. The Morgan fingerprint density at radius 3 is 2.55 bits per heavy atom. The fourth-order valence-electron chi connectivity index (χ4n) is 2.60. The molecule has 120 valence electrons. The van der Waals surface area contributed by atoms with Crippen LogP contribution < -0.4 is 5.32 Å². The number of amides is 1. The Kier molecular flexibility index (Phi) is 5.35. The number of rotatable bonds is 5. The number of esters is 1. The molecule has 1 fully saturated rings. The molecule has 0 radical (unpaired) electrons. The molecule has 6 nitrogen and oxygen atoms in total. The molecule has 0 aromatic carbocycles. The zero-order valence-electron chi connectivity index (χ0n) is 13.0. The zero-order chi connectivity index (χ0) is 16.1. The summed E-state index contributed by atoms with van der Waals surface area (Å²) in [7, 11) is 0. The number of aromatic nitrogens is 1. The SMILES string of the molecule is CC(=O)c1c[nH]c(C(=O)OCC(=O)NC2CCC(C)CC2)c1. The Balaban J connectivity index is 1.75. The number of aromatic amines is 1. The molecule has 22 heavy (non-hydrogen) atoms. The first-order valence-corrected chi connectivity index (χ1v) is 7.61. The number of carbonyl (C=O) groups excluding carboxylic acids is 3. The Morgan fingerprint density at radius 1 is 1.27 bits per heavy atom. The molecule has 1 aliphatic carbocycles. The summed E-state index contributed by atoms with van der Waals surface area (Å²) in [4.78, 5) is 37.4. The molecular weight excluding hydrogens is 284 g/mol. The van der Waals surface area contributed by atoms with Crippen molar-refractivity contribution in [3.63, 3.8) is 0 Å².